The lowest BCUT2D eigenvalue weighted by molar-refractivity contribution is 0.581. The van der Waals surface area contributed by atoms with E-state index in [1.807, 2.05) is 0 Å². The van der Waals surface area contributed by atoms with Crippen LogP contribution >= 0.6 is 27.3 Å². The summed E-state index contributed by atoms with van der Waals surface area (Å²) in [4.78, 5) is 4.14. The first-order valence-electron chi connectivity index (χ1n) is 4.92. The predicted molar refractivity (Wildman–Crippen MR) is 74.7 cm³/mol. The normalized spacial score (nSPS) is 11.6. The molecule has 0 saturated heterocycles. The average Bonchev–Trinajstić information content (AvgIpc) is 2.83. The Kier molecular flexibility index (Phi) is 4.00. The van der Waals surface area contributed by atoms with E-state index in [9.17, 15) is 8.42 Å². The number of nitrogens with zero attached hydrogens (tertiary/aromatic N) is 1. The summed E-state index contributed by atoms with van der Waals surface area (Å²) in [7, 11) is -3.56. The van der Waals surface area contributed by atoms with Crippen LogP contribution in [0.2, 0.25) is 0 Å². The molecule has 0 unspecified atom stereocenters. The van der Waals surface area contributed by atoms with Gasteiger partial charge in [0.15, 0.2) is 0 Å². The van der Waals surface area contributed by atoms with Crippen molar-refractivity contribution in [2.24, 2.45) is 0 Å². The van der Waals surface area contributed by atoms with Gasteiger partial charge in [0.05, 0.1) is 11.4 Å². The average molecular weight is 348 g/mol. The van der Waals surface area contributed by atoms with Crippen LogP contribution < -0.4 is 10.5 Å². The van der Waals surface area contributed by atoms with Crippen molar-refractivity contribution in [3.05, 3.63) is 39.3 Å². The fraction of sp³-hybridized carbons (Fsp3) is 0.100. The summed E-state index contributed by atoms with van der Waals surface area (Å²) in [5, 5.41) is 2.50. The molecule has 2 rings (SSSR count). The standard InChI is InChI=1S/C10H10BrN3O2S2/c11-8-2-1-7(5-9(8)12)18(15,16)14-6-10-13-3-4-17-10/h1-5,14H,6,12H2. The van der Waals surface area contributed by atoms with Crippen LogP contribution in [0.1, 0.15) is 5.01 Å². The van der Waals surface area contributed by atoms with Gasteiger partial charge < -0.3 is 5.73 Å². The van der Waals surface area contributed by atoms with Gasteiger partial charge in [-0.25, -0.2) is 18.1 Å². The lowest BCUT2D eigenvalue weighted by atomic mass is 10.3. The van der Waals surface area contributed by atoms with E-state index >= 15 is 0 Å². The van der Waals surface area contributed by atoms with Gasteiger partial charge in [0.2, 0.25) is 10.0 Å². The van der Waals surface area contributed by atoms with Crippen LogP contribution in [-0.4, -0.2) is 13.4 Å². The third-order valence-electron chi connectivity index (χ3n) is 2.17. The number of nitrogen functional groups attached to an aromatic ring is 1. The second-order valence-corrected chi connectivity index (χ2v) is 7.03. The third-order valence-corrected chi connectivity index (χ3v) is 5.08. The van der Waals surface area contributed by atoms with Gasteiger partial charge in [-0.1, -0.05) is 0 Å². The molecule has 0 aliphatic carbocycles. The Morgan fingerprint density at radius 2 is 2.22 bits per heavy atom. The van der Waals surface area contributed by atoms with Crippen LogP contribution in [0.25, 0.3) is 0 Å². The number of hydrogen-bond donors (Lipinski definition) is 2. The third kappa shape index (κ3) is 3.08. The summed E-state index contributed by atoms with van der Waals surface area (Å²) in [5.41, 5.74) is 6.04. The Bertz CT molecular complexity index is 641. The van der Waals surface area contributed by atoms with Gasteiger partial charge in [0.1, 0.15) is 5.01 Å². The zero-order valence-electron chi connectivity index (χ0n) is 9.13. The molecule has 3 N–H and O–H groups in total. The van der Waals surface area contributed by atoms with Crippen LogP contribution in [0.3, 0.4) is 0 Å². The minimum absolute atomic E-state index is 0.139. The number of benzene rings is 1. The SMILES string of the molecule is Nc1cc(S(=O)(=O)NCc2nccs2)ccc1Br. The number of aromatic nitrogens is 1. The van der Waals surface area contributed by atoms with E-state index in [1.54, 1.807) is 17.6 Å². The predicted octanol–water partition coefficient (Wildman–Crippen LogP) is 1.97. The highest BCUT2D eigenvalue weighted by Gasteiger charge is 2.15. The molecule has 0 saturated carbocycles. The first-order chi connectivity index (χ1) is 8.49. The minimum Gasteiger partial charge on any atom is -0.398 e. The number of nitrogens with one attached hydrogen (secondary N) is 1. The zero-order chi connectivity index (χ0) is 13.2. The maximum absolute atomic E-state index is 12.0. The molecule has 0 radical (unpaired) electrons. The summed E-state index contributed by atoms with van der Waals surface area (Å²) >= 11 is 4.61. The van der Waals surface area contributed by atoms with E-state index < -0.39 is 10.0 Å². The molecule has 1 aromatic heterocycles. The largest absolute Gasteiger partial charge is 0.398 e. The molecule has 0 amide bonds. The molecule has 0 atom stereocenters. The second-order valence-electron chi connectivity index (χ2n) is 3.43. The quantitative estimate of drug-likeness (QED) is 0.828. The van der Waals surface area contributed by atoms with E-state index in [2.05, 4.69) is 25.6 Å². The number of sulfonamides is 1. The Morgan fingerprint density at radius 1 is 1.44 bits per heavy atom. The van der Waals surface area contributed by atoms with Gasteiger partial charge in [-0.05, 0) is 34.1 Å². The molecular weight excluding hydrogens is 338 g/mol. The molecule has 1 aromatic carbocycles. The van der Waals surface area contributed by atoms with Crippen LogP contribution in [0.4, 0.5) is 5.69 Å². The van der Waals surface area contributed by atoms with Crippen molar-refractivity contribution in [1.82, 2.24) is 9.71 Å². The van der Waals surface area contributed by atoms with Gasteiger partial charge in [-0.3, -0.25) is 0 Å². The van der Waals surface area contributed by atoms with Crippen LogP contribution in [0.5, 0.6) is 0 Å². The summed E-state index contributed by atoms with van der Waals surface area (Å²) in [6.45, 7) is 0.177. The Morgan fingerprint density at radius 3 is 2.83 bits per heavy atom. The first-order valence-corrected chi connectivity index (χ1v) is 8.08. The lowest BCUT2D eigenvalue weighted by Crippen LogP contribution is -2.23. The molecule has 0 fully saturated rings. The Balaban J connectivity index is 2.17. The Hall–Kier alpha value is -0.960. The van der Waals surface area contributed by atoms with Gasteiger partial charge in [0, 0.05) is 21.7 Å². The van der Waals surface area contributed by atoms with Crippen LogP contribution in [0, 0.1) is 0 Å². The number of nitrogens with two attached hydrogens (primary N) is 1. The van der Waals surface area contributed by atoms with E-state index in [1.165, 1.54) is 23.5 Å². The second kappa shape index (κ2) is 5.35. The molecule has 18 heavy (non-hydrogen) atoms. The van der Waals surface area contributed by atoms with Crippen molar-refractivity contribution in [3.63, 3.8) is 0 Å². The number of thiazole rings is 1. The van der Waals surface area contributed by atoms with Crippen molar-refractivity contribution < 1.29 is 8.42 Å². The highest BCUT2D eigenvalue weighted by Crippen LogP contribution is 2.22. The molecule has 8 heteroatoms. The molecule has 2 aromatic rings. The summed E-state index contributed by atoms with van der Waals surface area (Å²) in [6, 6.07) is 4.51. The molecular formula is C10H10BrN3O2S2. The van der Waals surface area contributed by atoms with E-state index in [0.717, 1.165) is 0 Å². The number of halogens is 1. The first kappa shape index (κ1) is 13.5. The Labute approximate surface area is 117 Å². The molecule has 0 aliphatic rings. The smallest absolute Gasteiger partial charge is 0.241 e. The van der Waals surface area contributed by atoms with Gasteiger partial charge >= 0.3 is 0 Å². The number of anilines is 1. The van der Waals surface area contributed by atoms with E-state index in [-0.39, 0.29) is 11.4 Å². The number of rotatable bonds is 4. The monoisotopic (exact) mass is 347 g/mol. The highest BCUT2D eigenvalue weighted by molar-refractivity contribution is 9.10. The summed E-state index contributed by atoms with van der Waals surface area (Å²) in [6.07, 6.45) is 1.63. The van der Waals surface area contributed by atoms with Gasteiger partial charge in [-0.15, -0.1) is 11.3 Å². The van der Waals surface area contributed by atoms with E-state index in [0.29, 0.717) is 15.2 Å². The molecule has 5 nitrogen and oxygen atoms in total. The highest BCUT2D eigenvalue weighted by atomic mass is 79.9. The van der Waals surface area contributed by atoms with E-state index in [4.69, 9.17) is 5.73 Å². The lowest BCUT2D eigenvalue weighted by Gasteiger charge is -2.06. The topological polar surface area (TPSA) is 85.1 Å². The fourth-order valence-corrected chi connectivity index (χ4v) is 3.19. The summed E-state index contributed by atoms with van der Waals surface area (Å²) in [5.74, 6) is 0. The molecule has 0 spiro atoms. The van der Waals surface area contributed by atoms with Crippen molar-refractivity contribution >= 4 is 43.0 Å². The van der Waals surface area contributed by atoms with Crippen LogP contribution in [0.15, 0.2) is 39.1 Å². The minimum atomic E-state index is -3.56. The maximum atomic E-state index is 12.0. The molecule has 0 bridgehead atoms. The van der Waals surface area contributed by atoms with Gasteiger partial charge in [0.25, 0.3) is 0 Å². The molecule has 0 aliphatic heterocycles. The maximum Gasteiger partial charge on any atom is 0.241 e. The van der Waals surface area contributed by atoms with Crippen molar-refractivity contribution in [1.29, 1.82) is 0 Å². The molecule has 1 heterocycles. The number of hydrogen-bond acceptors (Lipinski definition) is 5. The fourth-order valence-electron chi connectivity index (χ4n) is 1.27. The van der Waals surface area contributed by atoms with Crippen LogP contribution in [-0.2, 0) is 16.6 Å². The van der Waals surface area contributed by atoms with Crippen molar-refractivity contribution in [2.75, 3.05) is 5.73 Å². The zero-order valence-corrected chi connectivity index (χ0v) is 12.3. The van der Waals surface area contributed by atoms with Gasteiger partial charge in [-0.2, -0.15) is 0 Å². The van der Waals surface area contributed by atoms with Crippen molar-refractivity contribution in [3.8, 4) is 0 Å². The van der Waals surface area contributed by atoms with Crippen molar-refractivity contribution in [2.45, 2.75) is 11.4 Å². The summed E-state index contributed by atoms with van der Waals surface area (Å²) < 4.78 is 27.1. The molecule has 96 valence electrons.